The molecule has 0 spiro atoms. The number of morpholine rings is 1. The van der Waals surface area contributed by atoms with Gasteiger partial charge in [0.25, 0.3) is 0 Å². The van der Waals surface area contributed by atoms with Gasteiger partial charge in [-0.1, -0.05) is 30.3 Å². The van der Waals surface area contributed by atoms with Crippen LogP contribution < -0.4 is 10.5 Å². The molecule has 0 radical (unpaired) electrons. The smallest absolute Gasteiger partial charge is 0.248 e. The van der Waals surface area contributed by atoms with Crippen molar-refractivity contribution in [2.45, 2.75) is 10.9 Å². The Morgan fingerprint density at radius 2 is 1.70 bits per heavy atom. The molecule has 0 unspecified atom stereocenters. The first kappa shape index (κ1) is 19.5. The van der Waals surface area contributed by atoms with Crippen LogP contribution >= 0.6 is 0 Å². The number of hydrogen-bond donors (Lipinski definition) is 2. The van der Waals surface area contributed by atoms with E-state index in [1.54, 1.807) is 0 Å². The molecular formula is C19H23N3O4S. The first-order valence-corrected chi connectivity index (χ1v) is 10.2. The molecule has 1 atom stereocenters. The third-order valence-corrected chi connectivity index (χ3v) is 6.03. The first-order valence-electron chi connectivity index (χ1n) is 8.73. The fraction of sp³-hybridized carbons (Fsp3) is 0.316. The van der Waals surface area contributed by atoms with E-state index in [-0.39, 0.29) is 23.0 Å². The largest absolute Gasteiger partial charge is 0.379 e. The molecule has 144 valence electrons. The second-order valence-corrected chi connectivity index (χ2v) is 8.08. The summed E-state index contributed by atoms with van der Waals surface area (Å²) in [6, 6.07) is 15.3. The van der Waals surface area contributed by atoms with E-state index in [2.05, 4.69) is 9.62 Å². The lowest BCUT2D eigenvalue weighted by molar-refractivity contribution is 0.0172. The van der Waals surface area contributed by atoms with Gasteiger partial charge >= 0.3 is 0 Å². The van der Waals surface area contributed by atoms with Gasteiger partial charge in [0, 0.05) is 31.2 Å². The zero-order chi connectivity index (χ0) is 19.3. The number of carbonyl (C=O) groups is 1. The maximum Gasteiger partial charge on any atom is 0.248 e. The number of rotatable bonds is 7. The summed E-state index contributed by atoms with van der Waals surface area (Å²) in [5.74, 6) is -0.594. The molecule has 27 heavy (non-hydrogen) atoms. The number of benzene rings is 2. The van der Waals surface area contributed by atoms with Crippen LogP contribution in [0.1, 0.15) is 22.0 Å². The molecule has 3 rings (SSSR count). The fourth-order valence-electron chi connectivity index (χ4n) is 3.09. The molecule has 1 heterocycles. The summed E-state index contributed by atoms with van der Waals surface area (Å²) < 4.78 is 33.4. The molecule has 1 fully saturated rings. The molecule has 2 aromatic rings. The van der Waals surface area contributed by atoms with Gasteiger partial charge < -0.3 is 10.5 Å². The number of nitrogens with zero attached hydrogens (tertiary/aromatic N) is 1. The third kappa shape index (κ3) is 4.92. The van der Waals surface area contributed by atoms with E-state index in [0.717, 1.165) is 18.7 Å². The molecule has 1 aliphatic rings. The number of primary amides is 1. The Balaban J connectivity index is 1.76. The second-order valence-electron chi connectivity index (χ2n) is 6.32. The summed E-state index contributed by atoms with van der Waals surface area (Å²) in [4.78, 5) is 13.5. The van der Waals surface area contributed by atoms with Crippen molar-refractivity contribution < 1.29 is 17.9 Å². The molecule has 0 aliphatic carbocycles. The number of nitrogens with one attached hydrogen (secondary N) is 1. The van der Waals surface area contributed by atoms with Crippen LogP contribution in [0.5, 0.6) is 0 Å². The lowest BCUT2D eigenvalue weighted by atomic mass is 10.1. The Morgan fingerprint density at radius 3 is 2.30 bits per heavy atom. The van der Waals surface area contributed by atoms with Crippen molar-refractivity contribution in [3.8, 4) is 0 Å². The van der Waals surface area contributed by atoms with E-state index in [1.165, 1.54) is 24.3 Å². The highest BCUT2D eigenvalue weighted by atomic mass is 32.2. The Morgan fingerprint density at radius 1 is 1.07 bits per heavy atom. The number of sulfonamides is 1. The normalized spacial score (nSPS) is 16.7. The minimum absolute atomic E-state index is 0.0882. The monoisotopic (exact) mass is 389 g/mol. The minimum Gasteiger partial charge on any atom is -0.379 e. The Hall–Kier alpha value is -2.26. The number of nitrogens with two attached hydrogens (primary N) is 1. The van der Waals surface area contributed by atoms with E-state index in [0.29, 0.717) is 13.2 Å². The van der Waals surface area contributed by atoms with Crippen molar-refractivity contribution >= 4 is 15.9 Å². The van der Waals surface area contributed by atoms with Crippen molar-refractivity contribution in [3.63, 3.8) is 0 Å². The summed E-state index contributed by atoms with van der Waals surface area (Å²) >= 11 is 0. The van der Waals surface area contributed by atoms with Gasteiger partial charge in [0.15, 0.2) is 0 Å². The summed E-state index contributed by atoms with van der Waals surface area (Å²) in [5, 5.41) is 0. The second kappa shape index (κ2) is 8.62. The quantitative estimate of drug-likeness (QED) is 0.739. The van der Waals surface area contributed by atoms with Crippen LogP contribution in [-0.2, 0) is 14.8 Å². The standard InChI is InChI=1S/C19H23N3O4S/c20-19(23)16-6-8-17(9-7-16)27(24,25)21-14-18(15-4-2-1-3-5-15)22-10-12-26-13-11-22/h1-9,18,21H,10-14H2,(H2,20,23)/t18-/m1/s1. The predicted molar refractivity (Wildman–Crippen MR) is 102 cm³/mol. The molecule has 8 heteroatoms. The van der Waals surface area contributed by atoms with Crippen LogP contribution in [0.3, 0.4) is 0 Å². The van der Waals surface area contributed by atoms with Crippen molar-refractivity contribution in [1.82, 2.24) is 9.62 Å². The van der Waals surface area contributed by atoms with E-state index < -0.39 is 15.9 Å². The fourth-order valence-corrected chi connectivity index (χ4v) is 4.13. The van der Waals surface area contributed by atoms with Crippen LogP contribution in [0.4, 0.5) is 0 Å². The van der Waals surface area contributed by atoms with Gasteiger partial charge in [0.1, 0.15) is 0 Å². The van der Waals surface area contributed by atoms with Crippen LogP contribution in [0.2, 0.25) is 0 Å². The van der Waals surface area contributed by atoms with Gasteiger partial charge in [-0.3, -0.25) is 9.69 Å². The Labute approximate surface area is 159 Å². The van der Waals surface area contributed by atoms with Gasteiger partial charge in [-0.15, -0.1) is 0 Å². The lowest BCUT2D eigenvalue weighted by Gasteiger charge is -2.34. The zero-order valence-corrected chi connectivity index (χ0v) is 15.7. The van der Waals surface area contributed by atoms with Crippen LogP contribution in [0.25, 0.3) is 0 Å². The van der Waals surface area contributed by atoms with Crippen LogP contribution in [0, 0.1) is 0 Å². The molecule has 3 N–H and O–H groups in total. The van der Waals surface area contributed by atoms with Crippen molar-refractivity contribution in [2.75, 3.05) is 32.8 Å². The first-order chi connectivity index (χ1) is 13.0. The summed E-state index contributed by atoms with van der Waals surface area (Å²) in [7, 11) is -3.70. The topological polar surface area (TPSA) is 102 Å². The van der Waals surface area contributed by atoms with Crippen LogP contribution in [0.15, 0.2) is 59.5 Å². The van der Waals surface area contributed by atoms with E-state index in [4.69, 9.17) is 10.5 Å². The molecule has 1 amide bonds. The molecule has 0 bridgehead atoms. The van der Waals surface area contributed by atoms with Crippen molar-refractivity contribution in [1.29, 1.82) is 0 Å². The van der Waals surface area contributed by atoms with Gasteiger partial charge in [-0.2, -0.15) is 0 Å². The molecule has 7 nitrogen and oxygen atoms in total. The highest BCUT2D eigenvalue weighted by Crippen LogP contribution is 2.22. The van der Waals surface area contributed by atoms with Gasteiger partial charge in [0.2, 0.25) is 15.9 Å². The number of hydrogen-bond acceptors (Lipinski definition) is 5. The molecule has 1 aliphatic heterocycles. The van der Waals surface area contributed by atoms with E-state index in [1.807, 2.05) is 30.3 Å². The Bertz CT molecular complexity index is 864. The van der Waals surface area contributed by atoms with Gasteiger partial charge in [0.05, 0.1) is 18.1 Å². The molecule has 2 aromatic carbocycles. The SMILES string of the molecule is NC(=O)c1ccc(S(=O)(=O)NC[C@H](c2ccccc2)N2CCOCC2)cc1. The summed E-state index contributed by atoms with van der Waals surface area (Å²) in [6.45, 7) is 2.99. The summed E-state index contributed by atoms with van der Waals surface area (Å²) in [5.41, 5.74) is 6.51. The van der Waals surface area contributed by atoms with Crippen LogP contribution in [-0.4, -0.2) is 52.1 Å². The number of carbonyl (C=O) groups excluding carboxylic acids is 1. The van der Waals surface area contributed by atoms with Gasteiger partial charge in [-0.25, -0.2) is 13.1 Å². The molecule has 0 aromatic heterocycles. The average molecular weight is 389 g/mol. The lowest BCUT2D eigenvalue weighted by Crippen LogP contribution is -2.43. The number of amides is 1. The Kier molecular flexibility index (Phi) is 6.22. The maximum atomic E-state index is 12.7. The predicted octanol–water partition coefficient (Wildman–Crippen LogP) is 1.14. The highest BCUT2D eigenvalue weighted by molar-refractivity contribution is 7.89. The van der Waals surface area contributed by atoms with Crippen molar-refractivity contribution in [2.24, 2.45) is 5.73 Å². The van der Waals surface area contributed by atoms with Gasteiger partial charge in [-0.05, 0) is 29.8 Å². The maximum absolute atomic E-state index is 12.7. The van der Waals surface area contributed by atoms with E-state index >= 15 is 0 Å². The average Bonchev–Trinajstić information content (AvgIpc) is 2.70. The minimum atomic E-state index is -3.70. The van der Waals surface area contributed by atoms with E-state index in [9.17, 15) is 13.2 Å². The molecular weight excluding hydrogens is 366 g/mol. The summed E-state index contributed by atoms with van der Waals surface area (Å²) in [6.07, 6.45) is 0. The van der Waals surface area contributed by atoms with Crippen molar-refractivity contribution in [3.05, 3.63) is 65.7 Å². The molecule has 0 saturated carbocycles. The third-order valence-electron chi connectivity index (χ3n) is 4.59. The highest BCUT2D eigenvalue weighted by Gasteiger charge is 2.25. The number of ether oxygens (including phenoxy) is 1. The zero-order valence-electron chi connectivity index (χ0n) is 14.9. The molecule has 1 saturated heterocycles.